The van der Waals surface area contributed by atoms with Crippen LogP contribution in [0.4, 0.5) is 24.5 Å². The molecule has 0 saturated carbocycles. The largest absolute Gasteiger partial charge is 0.482 e. The predicted molar refractivity (Wildman–Crippen MR) is 91.6 cm³/mol. The van der Waals surface area contributed by atoms with E-state index in [1.165, 1.54) is 6.07 Å². The van der Waals surface area contributed by atoms with Crippen molar-refractivity contribution in [2.75, 3.05) is 18.5 Å². The second-order valence-corrected chi connectivity index (χ2v) is 5.62. The lowest BCUT2D eigenvalue weighted by molar-refractivity contribution is -0.384. The normalized spacial score (nSPS) is 10.3. The van der Waals surface area contributed by atoms with Gasteiger partial charge in [-0.2, -0.15) is 0 Å². The van der Waals surface area contributed by atoms with E-state index >= 15 is 0 Å². The van der Waals surface area contributed by atoms with Crippen LogP contribution in [-0.2, 0) is 9.59 Å². The highest BCUT2D eigenvalue weighted by Crippen LogP contribution is 2.28. The number of rotatable bonds is 7. The molecule has 0 spiro atoms. The SMILES string of the molecule is O=C(COc1ccc([N+](=O)[O-])cc1Cl)NCC(=O)Nc1ccc(F)c(F)c1F. The van der Waals surface area contributed by atoms with E-state index in [2.05, 4.69) is 5.32 Å². The van der Waals surface area contributed by atoms with Gasteiger partial charge in [0.05, 0.1) is 22.2 Å². The number of amides is 2. The average Bonchev–Trinajstić information content (AvgIpc) is 2.65. The second-order valence-electron chi connectivity index (χ2n) is 5.21. The maximum atomic E-state index is 13.5. The summed E-state index contributed by atoms with van der Waals surface area (Å²) in [5.41, 5.74) is -0.852. The Morgan fingerprint density at radius 1 is 1.11 bits per heavy atom. The highest BCUT2D eigenvalue weighted by molar-refractivity contribution is 6.32. The zero-order valence-electron chi connectivity index (χ0n) is 13.8. The van der Waals surface area contributed by atoms with E-state index in [-0.39, 0.29) is 16.5 Å². The lowest BCUT2D eigenvalue weighted by atomic mass is 10.2. The Morgan fingerprint density at radius 3 is 2.46 bits per heavy atom. The molecule has 0 aromatic heterocycles. The third-order valence-corrected chi connectivity index (χ3v) is 3.54. The number of hydrogen-bond acceptors (Lipinski definition) is 5. The first-order valence-electron chi connectivity index (χ1n) is 7.46. The fourth-order valence-electron chi connectivity index (χ4n) is 1.91. The van der Waals surface area contributed by atoms with Gasteiger partial charge in [-0.25, -0.2) is 13.2 Å². The number of hydrogen-bond donors (Lipinski definition) is 2. The number of halogens is 4. The minimum Gasteiger partial charge on any atom is -0.482 e. The van der Waals surface area contributed by atoms with Crippen LogP contribution in [0.2, 0.25) is 5.02 Å². The first kappa shape index (κ1) is 21.0. The van der Waals surface area contributed by atoms with Crippen molar-refractivity contribution in [2.45, 2.75) is 0 Å². The van der Waals surface area contributed by atoms with Crippen molar-refractivity contribution in [2.24, 2.45) is 0 Å². The van der Waals surface area contributed by atoms with Crippen LogP contribution in [-0.4, -0.2) is 29.9 Å². The molecule has 0 fully saturated rings. The van der Waals surface area contributed by atoms with Crippen molar-refractivity contribution in [3.05, 3.63) is 62.9 Å². The number of carbonyl (C=O) groups is 2. The van der Waals surface area contributed by atoms with Crippen LogP contribution in [0.1, 0.15) is 0 Å². The molecule has 28 heavy (non-hydrogen) atoms. The molecule has 0 radical (unpaired) electrons. The first-order valence-corrected chi connectivity index (χ1v) is 7.83. The Bertz CT molecular complexity index is 942. The lowest BCUT2D eigenvalue weighted by Gasteiger charge is -2.10. The first-order chi connectivity index (χ1) is 13.2. The van der Waals surface area contributed by atoms with Crippen LogP contribution < -0.4 is 15.4 Å². The minimum atomic E-state index is -1.74. The maximum absolute atomic E-state index is 13.5. The summed E-state index contributed by atoms with van der Waals surface area (Å²) in [4.78, 5) is 33.3. The molecule has 2 aromatic carbocycles. The fourth-order valence-corrected chi connectivity index (χ4v) is 2.14. The van der Waals surface area contributed by atoms with E-state index < -0.39 is 53.0 Å². The van der Waals surface area contributed by atoms with Gasteiger partial charge in [0.25, 0.3) is 11.6 Å². The molecule has 0 aliphatic heterocycles. The number of nitro benzene ring substituents is 1. The van der Waals surface area contributed by atoms with Crippen LogP contribution in [0.3, 0.4) is 0 Å². The molecule has 0 heterocycles. The predicted octanol–water partition coefficient (Wildman–Crippen LogP) is 2.80. The molecular weight excluding hydrogens is 407 g/mol. The molecule has 0 aliphatic carbocycles. The van der Waals surface area contributed by atoms with Crippen LogP contribution in [0.15, 0.2) is 30.3 Å². The molecule has 0 saturated heterocycles. The third kappa shape index (κ3) is 5.33. The van der Waals surface area contributed by atoms with Crippen molar-refractivity contribution < 1.29 is 32.4 Å². The topological polar surface area (TPSA) is 111 Å². The standard InChI is InChI=1S/C16H11ClF3N3O5/c17-9-5-8(23(26)27)1-4-12(9)28-7-14(25)21-6-13(24)22-11-3-2-10(18)15(19)16(11)20/h1-5H,6-7H2,(H,21,25)(H,22,24). The molecular formula is C16H11ClF3N3O5. The maximum Gasteiger partial charge on any atom is 0.271 e. The smallest absolute Gasteiger partial charge is 0.271 e. The van der Waals surface area contributed by atoms with Crippen LogP contribution in [0.25, 0.3) is 0 Å². The molecule has 2 amide bonds. The molecule has 0 atom stereocenters. The van der Waals surface area contributed by atoms with Crippen LogP contribution >= 0.6 is 11.6 Å². The number of nitro groups is 1. The summed E-state index contributed by atoms with van der Waals surface area (Å²) in [6.45, 7) is -1.17. The van der Waals surface area contributed by atoms with E-state index in [1.807, 2.05) is 5.32 Å². The average molecular weight is 418 g/mol. The number of anilines is 1. The number of carbonyl (C=O) groups excluding carboxylic acids is 2. The molecule has 8 nitrogen and oxygen atoms in total. The van der Waals surface area contributed by atoms with Crippen molar-refractivity contribution in [1.82, 2.24) is 5.32 Å². The molecule has 2 aromatic rings. The summed E-state index contributed by atoms with van der Waals surface area (Å²) >= 11 is 5.80. The van der Waals surface area contributed by atoms with Gasteiger partial charge < -0.3 is 15.4 Å². The molecule has 12 heteroatoms. The summed E-state index contributed by atoms with van der Waals surface area (Å²) < 4.78 is 44.4. The number of benzene rings is 2. The highest BCUT2D eigenvalue weighted by Gasteiger charge is 2.16. The minimum absolute atomic E-state index is 0.00993. The molecule has 148 valence electrons. The van der Waals surface area contributed by atoms with E-state index in [4.69, 9.17) is 16.3 Å². The van der Waals surface area contributed by atoms with Gasteiger partial charge in [-0.3, -0.25) is 19.7 Å². The summed E-state index contributed by atoms with van der Waals surface area (Å²) in [7, 11) is 0. The molecule has 2 rings (SSSR count). The Kier molecular flexibility index (Phi) is 6.77. The zero-order chi connectivity index (χ0) is 20.8. The van der Waals surface area contributed by atoms with Gasteiger partial charge >= 0.3 is 0 Å². The summed E-state index contributed by atoms with van der Waals surface area (Å²) in [5, 5.41) is 14.6. The Morgan fingerprint density at radius 2 is 1.82 bits per heavy atom. The number of non-ortho nitro benzene ring substituents is 1. The van der Waals surface area contributed by atoms with Crippen molar-refractivity contribution in [3.63, 3.8) is 0 Å². The number of nitrogens with one attached hydrogen (secondary N) is 2. The number of ether oxygens (including phenoxy) is 1. The van der Waals surface area contributed by atoms with Crippen molar-refractivity contribution in [3.8, 4) is 5.75 Å². The Labute approximate surface area is 160 Å². The molecule has 0 bridgehead atoms. The van der Waals surface area contributed by atoms with Gasteiger partial charge in [-0.1, -0.05) is 11.6 Å². The van der Waals surface area contributed by atoms with Gasteiger partial charge in [0, 0.05) is 12.1 Å². The van der Waals surface area contributed by atoms with Crippen LogP contribution in [0, 0.1) is 27.6 Å². The van der Waals surface area contributed by atoms with E-state index in [9.17, 15) is 32.9 Å². The van der Waals surface area contributed by atoms with E-state index in [0.717, 1.165) is 18.2 Å². The monoisotopic (exact) mass is 417 g/mol. The van der Waals surface area contributed by atoms with Gasteiger partial charge in [0.2, 0.25) is 5.91 Å². The third-order valence-electron chi connectivity index (χ3n) is 3.24. The molecule has 2 N–H and O–H groups in total. The van der Waals surface area contributed by atoms with E-state index in [0.29, 0.717) is 6.07 Å². The summed E-state index contributed by atoms with van der Waals surface area (Å²) in [5.74, 6) is -6.37. The zero-order valence-corrected chi connectivity index (χ0v) is 14.6. The summed E-state index contributed by atoms with van der Waals surface area (Å²) in [6, 6.07) is 4.83. The number of nitrogens with zero attached hydrogens (tertiary/aromatic N) is 1. The molecule has 0 unspecified atom stereocenters. The Hall–Kier alpha value is -3.34. The van der Waals surface area contributed by atoms with Gasteiger partial charge in [0.15, 0.2) is 24.1 Å². The fraction of sp³-hybridized carbons (Fsp3) is 0.125. The van der Waals surface area contributed by atoms with Gasteiger partial charge in [-0.15, -0.1) is 0 Å². The lowest BCUT2D eigenvalue weighted by Crippen LogP contribution is -2.36. The van der Waals surface area contributed by atoms with Crippen LogP contribution in [0.5, 0.6) is 5.75 Å². The highest BCUT2D eigenvalue weighted by atomic mass is 35.5. The van der Waals surface area contributed by atoms with E-state index in [1.54, 1.807) is 0 Å². The van der Waals surface area contributed by atoms with Crippen molar-refractivity contribution >= 4 is 34.8 Å². The quantitative estimate of drug-likeness (QED) is 0.409. The van der Waals surface area contributed by atoms with Gasteiger partial charge in [-0.05, 0) is 18.2 Å². The molecule has 0 aliphatic rings. The van der Waals surface area contributed by atoms with Gasteiger partial charge in [0.1, 0.15) is 5.75 Å². The Balaban J connectivity index is 1.83. The summed E-state index contributed by atoms with van der Waals surface area (Å²) in [6.07, 6.45) is 0. The van der Waals surface area contributed by atoms with Crippen molar-refractivity contribution in [1.29, 1.82) is 0 Å². The second kappa shape index (κ2) is 9.04.